The second kappa shape index (κ2) is 6.88. The number of hydrogen-bond acceptors (Lipinski definition) is 3. The van der Waals surface area contributed by atoms with Crippen molar-refractivity contribution in [2.24, 2.45) is 0 Å². The fraction of sp³-hybridized carbons (Fsp3) is 0.176. The third-order valence-electron chi connectivity index (χ3n) is 3.41. The van der Waals surface area contributed by atoms with Crippen LogP contribution in [0.15, 0.2) is 57.7 Å². The van der Waals surface area contributed by atoms with E-state index in [1.165, 1.54) is 20.9 Å². The largest absolute Gasteiger partial charge is 0.305 e. The van der Waals surface area contributed by atoms with Crippen molar-refractivity contribution in [2.45, 2.75) is 19.5 Å². The predicted molar refractivity (Wildman–Crippen MR) is 97.0 cm³/mol. The van der Waals surface area contributed by atoms with Gasteiger partial charge in [-0.2, -0.15) is 0 Å². The summed E-state index contributed by atoms with van der Waals surface area (Å²) in [6.07, 6.45) is 0. The lowest BCUT2D eigenvalue weighted by atomic mass is 10.1. The van der Waals surface area contributed by atoms with Crippen molar-refractivity contribution in [1.29, 1.82) is 0 Å². The summed E-state index contributed by atoms with van der Waals surface area (Å²) < 4.78 is 1.16. The molecule has 1 aromatic carbocycles. The maximum absolute atomic E-state index is 3.62. The molecule has 108 valence electrons. The van der Waals surface area contributed by atoms with Crippen LogP contribution in [-0.4, -0.2) is 0 Å². The van der Waals surface area contributed by atoms with Gasteiger partial charge in [0.1, 0.15) is 0 Å². The molecule has 4 heteroatoms. The molecular formula is C17H16BrNS2. The number of benzene rings is 1. The van der Waals surface area contributed by atoms with Gasteiger partial charge in [-0.15, -0.1) is 22.7 Å². The van der Waals surface area contributed by atoms with Gasteiger partial charge in [-0.05, 0) is 41.4 Å². The molecule has 1 N–H and O–H groups in total. The van der Waals surface area contributed by atoms with Gasteiger partial charge in [-0.25, -0.2) is 0 Å². The molecule has 0 aliphatic heterocycles. The molecule has 2 aromatic heterocycles. The van der Waals surface area contributed by atoms with Crippen molar-refractivity contribution in [3.8, 4) is 10.4 Å². The minimum Gasteiger partial charge on any atom is -0.305 e. The molecule has 0 saturated heterocycles. The van der Waals surface area contributed by atoms with E-state index >= 15 is 0 Å². The van der Waals surface area contributed by atoms with Crippen LogP contribution in [-0.2, 0) is 6.54 Å². The van der Waals surface area contributed by atoms with E-state index in [-0.39, 0.29) is 0 Å². The highest BCUT2D eigenvalue weighted by atomic mass is 79.9. The SMILES string of the molecule is C[C@@H](NCc1cc(-c2cccs2)cs1)c1ccccc1Br. The first-order valence-electron chi connectivity index (χ1n) is 6.83. The van der Waals surface area contributed by atoms with Crippen LogP contribution < -0.4 is 5.32 Å². The van der Waals surface area contributed by atoms with Crippen LogP contribution in [0.3, 0.4) is 0 Å². The van der Waals surface area contributed by atoms with Crippen molar-refractivity contribution in [3.63, 3.8) is 0 Å². The van der Waals surface area contributed by atoms with Crippen LogP contribution in [0.1, 0.15) is 23.4 Å². The molecule has 0 saturated carbocycles. The number of rotatable bonds is 5. The Bertz CT molecular complexity index is 703. The average molecular weight is 378 g/mol. The lowest BCUT2D eigenvalue weighted by Crippen LogP contribution is -2.17. The molecule has 1 nitrogen and oxygen atoms in total. The van der Waals surface area contributed by atoms with E-state index in [2.05, 4.69) is 75.3 Å². The van der Waals surface area contributed by atoms with E-state index < -0.39 is 0 Å². The Morgan fingerprint density at radius 1 is 1.14 bits per heavy atom. The molecule has 21 heavy (non-hydrogen) atoms. The minimum atomic E-state index is 0.327. The zero-order valence-corrected chi connectivity index (χ0v) is 14.9. The summed E-state index contributed by atoms with van der Waals surface area (Å²) in [6, 6.07) is 15.3. The van der Waals surface area contributed by atoms with Crippen molar-refractivity contribution < 1.29 is 0 Å². The lowest BCUT2D eigenvalue weighted by molar-refractivity contribution is 0.577. The monoisotopic (exact) mass is 377 g/mol. The highest BCUT2D eigenvalue weighted by Crippen LogP contribution is 2.30. The lowest BCUT2D eigenvalue weighted by Gasteiger charge is -2.15. The predicted octanol–water partition coefficient (Wildman–Crippen LogP) is 6.09. The standard InChI is InChI=1S/C17H16BrNS2/c1-12(15-5-2-3-6-16(15)18)19-10-14-9-13(11-21-14)17-7-4-8-20-17/h2-9,11-12,19H,10H2,1H3/t12-/m1/s1. The topological polar surface area (TPSA) is 12.0 Å². The van der Waals surface area contributed by atoms with Crippen molar-refractivity contribution in [1.82, 2.24) is 5.32 Å². The van der Waals surface area contributed by atoms with Gasteiger partial charge in [0.2, 0.25) is 0 Å². The molecule has 3 aromatic rings. The molecule has 0 fully saturated rings. The van der Waals surface area contributed by atoms with Crippen LogP contribution >= 0.6 is 38.6 Å². The molecule has 1 atom stereocenters. The minimum absolute atomic E-state index is 0.327. The van der Waals surface area contributed by atoms with E-state index in [0.717, 1.165) is 11.0 Å². The Morgan fingerprint density at radius 3 is 2.76 bits per heavy atom. The Kier molecular flexibility index (Phi) is 4.91. The van der Waals surface area contributed by atoms with Crippen LogP contribution in [0.5, 0.6) is 0 Å². The third kappa shape index (κ3) is 3.64. The van der Waals surface area contributed by atoms with Gasteiger partial charge in [0, 0.05) is 32.4 Å². The normalized spacial score (nSPS) is 12.5. The van der Waals surface area contributed by atoms with Gasteiger partial charge >= 0.3 is 0 Å². The van der Waals surface area contributed by atoms with E-state index in [1.807, 2.05) is 17.4 Å². The van der Waals surface area contributed by atoms with Crippen LogP contribution in [0.2, 0.25) is 0 Å². The second-order valence-corrected chi connectivity index (χ2v) is 7.70. The van der Waals surface area contributed by atoms with Crippen LogP contribution in [0, 0.1) is 0 Å². The Balaban J connectivity index is 1.64. The number of thiophene rings is 2. The van der Waals surface area contributed by atoms with E-state index in [0.29, 0.717) is 6.04 Å². The van der Waals surface area contributed by atoms with E-state index in [1.54, 1.807) is 11.3 Å². The molecule has 0 bridgehead atoms. The summed E-state index contributed by atoms with van der Waals surface area (Å²) >= 11 is 7.23. The van der Waals surface area contributed by atoms with Gasteiger partial charge in [0.25, 0.3) is 0 Å². The van der Waals surface area contributed by atoms with Gasteiger partial charge in [-0.3, -0.25) is 0 Å². The average Bonchev–Trinajstić information content (AvgIpc) is 3.16. The first kappa shape index (κ1) is 15.0. The quantitative estimate of drug-likeness (QED) is 0.567. The number of hydrogen-bond donors (Lipinski definition) is 1. The first-order valence-corrected chi connectivity index (χ1v) is 9.38. The maximum atomic E-state index is 3.62. The molecule has 0 unspecified atom stereocenters. The first-order chi connectivity index (χ1) is 10.2. The Morgan fingerprint density at radius 2 is 2.00 bits per heavy atom. The third-order valence-corrected chi connectivity index (χ3v) is 5.99. The van der Waals surface area contributed by atoms with Crippen molar-refractivity contribution in [2.75, 3.05) is 0 Å². The zero-order valence-electron chi connectivity index (χ0n) is 11.7. The van der Waals surface area contributed by atoms with Crippen molar-refractivity contribution in [3.05, 3.63) is 68.1 Å². The van der Waals surface area contributed by atoms with Crippen LogP contribution in [0.4, 0.5) is 0 Å². The summed E-state index contributed by atoms with van der Waals surface area (Å²) in [5, 5.41) is 7.97. The highest BCUT2D eigenvalue weighted by Gasteiger charge is 2.09. The second-order valence-electron chi connectivity index (χ2n) is 4.90. The Labute approximate surface area is 141 Å². The molecule has 2 heterocycles. The molecular weight excluding hydrogens is 362 g/mol. The number of nitrogens with one attached hydrogen (secondary N) is 1. The fourth-order valence-corrected chi connectivity index (χ4v) is 4.49. The molecule has 0 aliphatic rings. The highest BCUT2D eigenvalue weighted by molar-refractivity contribution is 9.10. The fourth-order valence-electron chi connectivity index (χ4n) is 2.24. The number of halogens is 1. The summed E-state index contributed by atoms with van der Waals surface area (Å²) in [7, 11) is 0. The Hall–Kier alpha value is -0.940. The molecule has 0 radical (unpaired) electrons. The van der Waals surface area contributed by atoms with Gasteiger partial charge in [0.15, 0.2) is 0 Å². The summed E-state index contributed by atoms with van der Waals surface area (Å²) in [4.78, 5) is 2.72. The summed E-state index contributed by atoms with van der Waals surface area (Å²) in [5.41, 5.74) is 2.63. The van der Waals surface area contributed by atoms with Gasteiger partial charge in [-0.1, -0.05) is 40.2 Å². The molecule has 3 rings (SSSR count). The van der Waals surface area contributed by atoms with E-state index in [9.17, 15) is 0 Å². The zero-order chi connectivity index (χ0) is 14.7. The summed E-state index contributed by atoms with van der Waals surface area (Å²) in [5.74, 6) is 0. The maximum Gasteiger partial charge on any atom is 0.0351 e. The van der Waals surface area contributed by atoms with Gasteiger partial charge < -0.3 is 5.32 Å². The molecule has 0 amide bonds. The van der Waals surface area contributed by atoms with Gasteiger partial charge in [0.05, 0.1) is 0 Å². The van der Waals surface area contributed by atoms with Crippen LogP contribution in [0.25, 0.3) is 10.4 Å². The smallest absolute Gasteiger partial charge is 0.0351 e. The van der Waals surface area contributed by atoms with Crippen molar-refractivity contribution >= 4 is 38.6 Å². The summed E-state index contributed by atoms with van der Waals surface area (Å²) in [6.45, 7) is 3.10. The van der Waals surface area contributed by atoms with E-state index in [4.69, 9.17) is 0 Å². The molecule has 0 aliphatic carbocycles. The molecule has 0 spiro atoms.